The van der Waals surface area contributed by atoms with Gasteiger partial charge in [-0.15, -0.1) is 11.8 Å². The molecule has 182 valence electrons. The second-order valence-electron chi connectivity index (χ2n) is 8.18. The maximum atomic E-state index is 13.7. The van der Waals surface area contributed by atoms with E-state index in [2.05, 4.69) is 20.9 Å². The minimum absolute atomic E-state index is 0.185. The Morgan fingerprint density at radius 1 is 1.26 bits per heavy atom. The van der Waals surface area contributed by atoms with Crippen LogP contribution in [0.3, 0.4) is 0 Å². The van der Waals surface area contributed by atoms with Crippen LogP contribution in [-0.2, 0) is 9.53 Å². The van der Waals surface area contributed by atoms with Gasteiger partial charge in [0, 0.05) is 23.5 Å². The number of thiazole rings is 1. The van der Waals surface area contributed by atoms with E-state index >= 15 is 0 Å². The average Bonchev–Trinajstić information content (AvgIpc) is 3.12. The third-order valence-electron chi connectivity index (χ3n) is 5.70. The molecular formula is C26H26BrN3O3S2. The van der Waals surface area contributed by atoms with Crippen molar-refractivity contribution in [3.63, 3.8) is 0 Å². The monoisotopic (exact) mass is 571 g/mol. The van der Waals surface area contributed by atoms with Crippen LogP contribution in [0.1, 0.15) is 31.0 Å². The zero-order valence-electron chi connectivity index (χ0n) is 20.2. The molecule has 0 saturated heterocycles. The molecule has 0 N–H and O–H groups in total. The molecule has 0 spiro atoms. The Bertz CT molecular complexity index is 1490. The minimum atomic E-state index is -0.605. The molecule has 35 heavy (non-hydrogen) atoms. The van der Waals surface area contributed by atoms with Gasteiger partial charge in [0.2, 0.25) is 0 Å². The van der Waals surface area contributed by atoms with Gasteiger partial charge in [-0.25, -0.2) is 9.79 Å². The molecule has 0 unspecified atom stereocenters. The fourth-order valence-corrected chi connectivity index (χ4v) is 6.23. The lowest BCUT2D eigenvalue weighted by atomic mass is 9.96. The molecule has 2 heterocycles. The highest BCUT2D eigenvalue weighted by atomic mass is 79.9. The number of rotatable bonds is 6. The standard InChI is InChI=1S/C26H26BrN3O3S2/c1-6-33-25(32)22-15(2)28-26-30(23(22)17-8-10-18(34-5)11-9-17)24(31)21(35-26)14-16-7-12-20(29(3)4)19(27)13-16/h7-14,23H,6H2,1-5H3/b21-14-/t23-/m1/s1. The second kappa shape index (κ2) is 10.6. The maximum absolute atomic E-state index is 13.7. The van der Waals surface area contributed by atoms with Crippen molar-refractivity contribution in [2.24, 2.45) is 4.99 Å². The van der Waals surface area contributed by atoms with Gasteiger partial charge >= 0.3 is 5.97 Å². The van der Waals surface area contributed by atoms with Crippen LogP contribution < -0.4 is 19.8 Å². The largest absolute Gasteiger partial charge is 0.463 e. The zero-order chi connectivity index (χ0) is 25.3. The normalized spacial score (nSPS) is 15.6. The van der Waals surface area contributed by atoms with Crippen LogP contribution in [0.25, 0.3) is 6.08 Å². The van der Waals surface area contributed by atoms with Crippen molar-refractivity contribution in [2.75, 3.05) is 31.9 Å². The molecule has 6 nitrogen and oxygen atoms in total. The number of halogens is 1. The van der Waals surface area contributed by atoms with E-state index in [1.54, 1.807) is 30.2 Å². The van der Waals surface area contributed by atoms with Gasteiger partial charge in [-0.05, 0) is 77.5 Å². The predicted octanol–water partition coefficient (Wildman–Crippen LogP) is 4.35. The number of aromatic nitrogens is 1. The third-order valence-corrected chi connectivity index (χ3v) is 8.06. The summed E-state index contributed by atoms with van der Waals surface area (Å²) in [5.41, 5.74) is 3.55. The van der Waals surface area contributed by atoms with Crippen molar-refractivity contribution in [3.8, 4) is 0 Å². The van der Waals surface area contributed by atoms with E-state index in [1.807, 2.05) is 73.8 Å². The van der Waals surface area contributed by atoms with E-state index < -0.39 is 12.0 Å². The van der Waals surface area contributed by atoms with Gasteiger partial charge in [-0.1, -0.05) is 29.5 Å². The number of ether oxygens (including phenoxy) is 1. The number of fused-ring (bicyclic) bond motifs is 1. The van der Waals surface area contributed by atoms with Crippen LogP contribution in [0.15, 0.2) is 72.9 Å². The van der Waals surface area contributed by atoms with Crippen molar-refractivity contribution in [1.82, 2.24) is 4.57 Å². The van der Waals surface area contributed by atoms with Gasteiger partial charge in [0.25, 0.3) is 5.56 Å². The SMILES string of the molecule is CCOC(=O)C1=C(C)N=c2s/c(=C\c3ccc(N(C)C)c(Br)c3)c(=O)n2[C@@H]1c1ccc(SC)cc1. The molecule has 2 aromatic carbocycles. The van der Waals surface area contributed by atoms with Crippen LogP contribution >= 0.6 is 39.0 Å². The van der Waals surface area contributed by atoms with Gasteiger partial charge in [0.1, 0.15) is 0 Å². The van der Waals surface area contributed by atoms with Crippen LogP contribution in [0.4, 0.5) is 5.69 Å². The number of thioether (sulfide) groups is 1. The van der Waals surface area contributed by atoms with Crippen LogP contribution in [0, 0.1) is 0 Å². The molecule has 0 saturated carbocycles. The van der Waals surface area contributed by atoms with Crippen LogP contribution in [0.2, 0.25) is 0 Å². The van der Waals surface area contributed by atoms with E-state index in [4.69, 9.17) is 4.74 Å². The third kappa shape index (κ3) is 5.03. The van der Waals surface area contributed by atoms with Gasteiger partial charge in [-0.2, -0.15) is 0 Å². The summed E-state index contributed by atoms with van der Waals surface area (Å²) in [4.78, 5) is 35.0. The van der Waals surface area contributed by atoms with E-state index in [0.29, 0.717) is 20.6 Å². The number of anilines is 1. The van der Waals surface area contributed by atoms with E-state index in [0.717, 1.165) is 26.2 Å². The highest BCUT2D eigenvalue weighted by Gasteiger charge is 2.33. The molecular weight excluding hydrogens is 546 g/mol. The van der Waals surface area contributed by atoms with Crippen molar-refractivity contribution < 1.29 is 9.53 Å². The fraction of sp³-hybridized carbons (Fsp3) is 0.269. The lowest BCUT2D eigenvalue weighted by Gasteiger charge is -2.24. The molecule has 1 aliphatic heterocycles. The molecule has 0 amide bonds. The molecule has 4 rings (SSSR count). The quantitative estimate of drug-likeness (QED) is 0.325. The first-order valence-corrected chi connectivity index (χ1v) is 13.9. The fourth-order valence-electron chi connectivity index (χ4n) is 4.02. The smallest absolute Gasteiger partial charge is 0.338 e. The summed E-state index contributed by atoms with van der Waals surface area (Å²) in [7, 11) is 3.96. The second-order valence-corrected chi connectivity index (χ2v) is 10.9. The number of hydrogen-bond donors (Lipinski definition) is 0. The Morgan fingerprint density at radius 3 is 2.57 bits per heavy atom. The molecule has 0 fully saturated rings. The van der Waals surface area contributed by atoms with Gasteiger partial charge in [-0.3, -0.25) is 9.36 Å². The topological polar surface area (TPSA) is 63.9 Å². The molecule has 3 aromatic rings. The average molecular weight is 573 g/mol. The summed E-state index contributed by atoms with van der Waals surface area (Å²) < 4.78 is 8.47. The highest BCUT2D eigenvalue weighted by molar-refractivity contribution is 9.10. The zero-order valence-corrected chi connectivity index (χ0v) is 23.4. The van der Waals surface area contributed by atoms with E-state index in [-0.39, 0.29) is 12.2 Å². The van der Waals surface area contributed by atoms with Crippen molar-refractivity contribution in [3.05, 3.63) is 89.0 Å². The first-order valence-electron chi connectivity index (χ1n) is 11.1. The summed E-state index contributed by atoms with van der Waals surface area (Å²) in [6.45, 7) is 3.81. The Morgan fingerprint density at radius 2 is 1.97 bits per heavy atom. The van der Waals surface area contributed by atoms with Crippen LogP contribution in [-0.4, -0.2) is 37.5 Å². The summed E-state index contributed by atoms with van der Waals surface area (Å²) in [6.07, 6.45) is 3.88. The number of carbonyl (C=O) groups is 1. The summed E-state index contributed by atoms with van der Waals surface area (Å²) in [5.74, 6) is -0.454. The van der Waals surface area contributed by atoms with Gasteiger partial charge < -0.3 is 9.64 Å². The molecule has 1 aromatic heterocycles. The lowest BCUT2D eigenvalue weighted by molar-refractivity contribution is -0.139. The number of nitrogens with zero attached hydrogens (tertiary/aromatic N) is 3. The number of esters is 1. The van der Waals surface area contributed by atoms with E-state index in [9.17, 15) is 9.59 Å². The summed E-state index contributed by atoms with van der Waals surface area (Å²) in [6, 6.07) is 13.3. The predicted molar refractivity (Wildman–Crippen MR) is 147 cm³/mol. The molecule has 0 aliphatic carbocycles. The maximum Gasteiger partial charge on any atom is 0.338 e. The van der Waals surface area contributed by atoms with Crippen LogP contribution in [0.5, 0.6) is 0 Å². The molecule has 9 heteroatoms. The molecule has 1 atom stereocenters. The Hall–Kier alpha value is -2.62. The minimum Gasteiger partial charge on any atom is -0.463 e. The molecule has 0 radical (unpaired) electrons. The number of hydrogen-bond acceptors (Lipinski definition) is 7. The lowest BCUT2D eigenvalue weighted by Crippen LogP contribution is -2.39. The first kappa shape index (κ1) is 25.5. The highest BCUT2D eigenvalue weighted by Crippen LogP contribution is 2.32. The summed E-state index contributed by atoms with van der Waals surface area (Å²) in [5, 5.41) is 0. The number of carbonyl (C=O) groups excluding carboxylic acids is 1. The molecule has 0 bridgehead atoms. The number of allylic oxidation sites excluding steroid dienone is 1. The van der Waals surface area contributed by atoms with Gasteiger partial charge in [0.05, 0.1) is 34.1 Å². The number of benzene rings is 2. The van der Waals surface area contributed by atoms with E-state index in [1.165, 1.54) is 11.3 Å². The first-order chi connectivity index (χ1) is 16.7. The molecule has 1 aliphatic rings. The van der Waals surface area contributed by atoms with Crippen molar-refractivity contribution in [2.45, 2.75) is 24.8 Å². The van der Waals surface area contributed by atoms with Crippen molar-refractivity contribution >= 4 is 56.8 Å². The van der Waals surface area contributed by atoms with Gasteiger partial charge in [0.15, 0.2) is 4.80 Å². The van der Waals surface area contributed by atoms with Crippen molar-refractivity contribution in [1.29, 1.82) is 0 Å². The Kier molecular flexibility index (Phi) is 7.68. The summed E-state index contributed by atoms with van der Waals surface area (Å²) >= 11 is 6.57. The Balaban J connectivity index is 1.90. The Labute approximate surface area is 220 Å².